The monoisotopic (exact) mass is 276 g/mol. The Balaban J connectivity index is 1.92. The minimum atomic E-state index is -0.406. The predicted molar refractivity (Wildman–Crippen MR) is 72.0 cm³/mol. The Hall–Kier alpha value is -2.70. The minimum absolute atomic E-state index is 0.0641. The Kier molecular flexibility index (Phi) is 4.09. The topological polar surface area (TPSA) is 90.1 Å². The maximum Gasteiger partial charge on any atom is 0.267 e. The third-order valence-electron chi connectivity index (χ3n) is 2.70. The van der Waals surface area contributed by atoms with Crippen molar-refractivity contribution < 1.29 is 9.18 Å². The molecule has 1 amide bonds. The lowest BCUT2D eigenvalue weighted by Crippen LogP contribution is -2.23. The van der Waals surface area contributed by atoms with E-state index in [0.717, 1.165) is 0 Å². The number of aryl methyl sites for hydroxylation is 1. The predicted octanol–water partition coefficient (Wildman–Crippen LogP) is 0.843. The molecule has 1 heterocycles. The van der Waals surface area contributed by atoms with Gasteiger partial charge < -0.3 is 5.10 Å². The van der Waals surface area contributed by atoms with Crippen LogP contribution < -0.4 is 11.0 Å². The van der Waals surface area contributed by atoms with Gasteiger partial charge in [-0.05, 0) is 24.6 Å². The fraction of sp³-hybridized carbons (Fsp3) is 0.154. The van der Waals surface area contributed by atoms with E-state index in [1.54, 1.807) is 6.92 Å². The molecule has 0 unspecified atom stereocenters. The van der Waals surface area contributed by atoms with Gasteiger partial charge in [0.25, 0.3) is 5.56 Å². The lowest BCUT2D eigenvalue weighted by Gasteiger charge is -1.98. The second-order valence-electron chi connectivity index (χ2n) is 4.20. The molecule has 20 heavy (non-hydrogen) atoms. The van der Waals surface area contributed by atoms with Gasteiger partial charge in [0.05, 0.1) is 12.6 Å². The Labute approximate surface area is 113 Å². The summed E-state index contributed by atoms with van der Waals surface area (Å²) in [5.74, 6) is -0.745. The number of carbonyl (C=O) groups is 1. The maximum atomic E-state index is 12.7. The normalized spacial score (nSPS) is 10.9. The van der Waals surface area contributed by atoms with E-state index < -0.39 is 5.91 Å². The number of hydrogen-bond donors (Lipinski definition) is 3. The van der Waals surface area contributed by atoms with Gasteiger partial charge in [0.1, 0.15) is 5.82 Å². The van der Waals surface area contributed by atoms with E-state index in [0.29, 0.717) is 16.8 Å². The van der Waals surface area contributed by atoms with Gasteiger partial charge in [-0.1, -0.05) is 12.1 Å². The van der Waals surface area contributed by atoms with Crippen LogP contribution in [-0.4, -0.2) is 22.3 Å². The molecule has 0 saturated carbocycles. The molecule has 0 spiro atoms. The highest BCUT2D eigenvalue weighted by molar-refractivity contribution is 5.83. The lowest BCUT2D eigenvalue weighted by atomic mass is 10.2. The number of hydrogen-bond acceptors (Lipinski definition) is 3. The van der Waals surface area contributed by atoms with Crippen LogP contribution >= 0.6 is 0 Å². The first-order chi connectivity index (χ1) is 9.56. The van der Waals surface area contributed by atoms with Gasteiger partial charge in [0, 0.05) is 11.3 Å². The zero-order chi connectivity index (χ0) is 14.5. The number of aromatic nitrogens is 2. The molecular formula is C13H13FN4O2. The smallest absolute Gasteiger partial charge is 0.267 e. The third kappa shape index (κ3) is 3.41. The average molecular weight is 276 g/mol. The number of rotatable bonds is 4. The van der Waals surface area contributed by atoms with Crippen molar-refractivity contribution in [2.75, 3.05) is 0 Å². The number of H-pyrrole nitrogens is 2. The van der Waals surface area contributed by atoms with Crippen molar-refractivity contribution >= 4 is 12.1 Å². The van der Waals surface area contributed by atoms with Crippen LogP contribution in [0.15, 0.2) is 34.2 Å². The number of aromatic amines is 2. The molecule has 0 atom stereocenters. The molecular weight excluding hydrogens is 263 g/mol. The van der Waals surface area contributed by atoms with Crippen molar-refractivity contribution in [3.63, 3.8) is 0 Å². The van der Waals surface area contributed by atoms with Crippen molar-refractivity contribution in [2.45, 2.75) is 13.3 Å². The van der Waals surface area contributed by atoms with Gasteiger partial charge >= 0.3 is 0 Å². The van der Waals surface area contributed by atoms with Gasteiger partial charge in [0.15, 0.2) is 0 Å². The molecule has 7 heteroatoms. The first-order valence-corrected chi connectivity index (χ1v) is 5.90. The quantitative estimate of drug-likeness (QED) is 0.570. The van der Waals surface area contributed by atoms with Crippen molar-refractivity contribution in [3.8, 4) is 0 Å². The molecule has 1 aromatic carbocycles. The number of nitrogens with one attached hydrogen (secondary N) is 3. The molecule has 3 N–H and O–H groups in total. The van der Waals surface area contributed by atoms with Crippen LogP contribution in [0.25, 0.3) is 0 Å². The molecule has 0 radical (unpaired) electrons. The van der Waals surface area contributed by atoms with E-state index in [1.165, 1.54) is 30.5 Å². The zero-order valence-electron chi connectivity index (χ0n) is 10.7. The largest absolute Gasteiger partial charge is 0.302 e. The third-order valence-corrected chi connectivity index (χ3v) is 2.70. The van der Waals surface area contributed by atoms with Gasteiger partial charge in [0.2, 0.25) is 5.91 Å². The molecule has 0 aliphatic carbocycles. The van der Waals surface area contributed by atoms with Gasteiger partial charge in [-0.3, -0.25) is 14.7 Å². The molecule has 2 rings (SSSR count). The van der Waals surface area contributed by atoms with Gasteiger partial charge in [-0.2, -0.15) is 5.10 Å². The summed E-state index contributed by atoms with van der Waals surface area (Å²) < 4.78 is 12.7. The second-order valence-corrected chi connectivity index (χ2v) is 4.20. The maximum absolute atomic E-state index is 12.7. The number of benzene rings is 1. The van der Waals surface area contributed by atoms with E-state index in [4.69, 9.17) is 0 Å². The Morgan fingerprint density at radius 3 is 2.65 bits per heavy atom. The fourth-order valence-electron chi connectivity index (χ4n) is 1.61. The standard InChI is InChI=1S/C13H13FN4O2/c1-8-11(13(20)18-16-8)6-12(19)17-15-7-9-2-4-10(14)5-3-9/h2-5,7H,6H2,1H3,(H,17,19)(H2,16,18,20)/b15-7-. The number of nitrogens with zero attached hydrogens (tertiary/aromatic N) is 1. The van der Waals surface area contributed by atoms with Gasteiger partial charge in [-0.15, -0.1) is 0 Å². The summed E-state index contributed by atoms with van der Waals surface area (Å²) in [6, 6.07) is 5.66. The van der Waals surface area contributed by atoms with Gasteiger partial charge in [-0.25, -0.2) is 9.82 Å². The SMILES string of the molecule is Cc1[nH][nH]c(=O)c1CC(=O)N/N=C\c1ccc(F)cc1. The number of carbonyl (C=O) groups excluding carboxylic acids is 1. The summed E-state index contributed by atoms with van der Waals surface area (Å²) >= 11 is 0. The molecule has 0 aliphatic heterocycles. The molecule has 2 aromatic rings. The fourth-order valence-corrected chi connectivity index (χ4v) is 1.61. The zero-order valence-corrected chi connectivity index (χ0v) is 10.7. The molecule has 0 bridgehead atoms. The number of amides is 1. The van der Waals surface area contributed by atoms with Crippen LogP contribution in [-0.2, 0) is 11.2 Å². The average Bonchev–Trinajstić information content (AvgIpc) is 2.73. The summed E-state index contributed by atoms with van der Waals surface area (Å²) in [7, 11) is 0. The highest BCUT2D eigenvalue weighted by Gasteiger charge is 2.10. The highest BCUT2D eigenvalue weighted by Crippen LogP contribution is 2.00. The van der Waals surface area contributed by atoms with Crippen LogP contribution in [0.1, 0.15) is 16.8 Å². The first-order valence-electron chi connectivity index (χ1n) is 5.90. The van der Waals surface area contributed by atoms with Crippen molar-refractivity contribution in [1.29, 1.82) is 0 Å². The van der Waals surface area contributed by atoms with Crippen LogP contribution in [0.4, 0.5) is 4.39 Å². The van der Waals surface area contributed by atoms with Crippen LogP contribution in [0.3, 0.4) is 0 Å². The van der Waals surface area contributed by atoms with E-state index in [-0.39, 0.29) is 17.8 Å². The first kappa shape index (κ1) is 13.7. The molecule has 6 nitrogen and oxygen atoms in total. The molecule has 104 valence electrons. The van der Waals surface area contributed by atoms with E-state index in [9.17, 15) is 14.0 Å². The van der Waals surface area contributed by atoms with Crippen molar-refractivity contribution in [1.82, 2.24) is 15.6 Å². The minimum Gasteiger partial charge on any atom is -0.302 e. The molecule has 1 aromatic heterocycles. The number of halogens is 1. The lowest BCUT2D eigenvalue weighted by molar-refractivity contribution is -0.120. The summed E-state index contributed by atoms with van der Waals surface area (Å²) in [6.07, 6.45) is 1.33. The second kappa shape index (κ2) is 5.96. The summed E-state index contributed by atoms with van der Waals surface area (Å²) in [5.41, 5.74) is 3.64. The van der Waals surface area contributed by atoms with Crippen LogP contribution in [0.2, 0.25) is 0 Å². The highest BCUT2D eigenvalue weighted by atomic mass is 19.1. The van der Waals surface area contributed by atoms with E-state index in [1.807, 2.05) is 0 Å². The number of hydrazone groups is 1. The molecule has 0 fully saturated rings. The summed E-state index contributed by atoms with van der Waals surface area (Å²) in [5, 5.41) is 8.77. The summed E-state index contributed by atoms with van der Waals surface area (Å²) in [6.45, 7) is 1.70. The van der Waals surface area contributed by atoms with Crippen LogP contribution in [0, 0.1) is 12.7 Å². The van der Waals surface area contributed by atoms with E-state index in [2.05, 4.69) is 20.7 Å². The van der Waals surface area contributed by atoms with Crippen LogP contribution in [0.5, 0.6) is 0 Å². The molecule has 0 aliphatic rings. The Morgan fingerprint density at radius 1 is 1.35 bits per heavy atom. The van der Waals surface area contributed by atoms with Crippen molar-refractivity contribution in [3.05, 3.63) is 57.3 Å². The summed E-state index contributed by atoms with van der Waals surface area (Å²) in [4.78, 5) is 23.0. The van der Waals surface area contributed by atoms with Crippen molar-refractivity contribution in [2.24, 2.45) is 5.10 Å². The molecule has 0 saturated heterocycles. The Bertz CT molecular complexity index is 685. The Morgan fingerprint density at radius 2 is 2.05 bits per heavy atom. The van der Waals surface area contributed by atoms with E-state index >= 15 is 0 Å².